The Morgan fingerprint density at radius 2 is 1.82 bits per heavy atom. The van der Waals surface area contributed by atoms with E-state index in [4.69, 9.17) is 9.97 Å². The summed E-state index contributed by atoms with van der Waals surface area (Å²) in [5.41, 5.74) is 9.87. The molecular weight excluding hydrogens is 406 g/mol. The van der Waals surface area contributed by atoms with Crippen molar-refractivity contribution in [2.24, 2.45) is 0 Å². The Hall–Kier alpha value is -3.08. The van der Waals surface area contributed by atoms with Gasteiger partial charge in [-0.05, 0) is 56.4 Å². The average Bonchev–Trinajstić information content (AvgIpc) is 3.24. The first-order valence-electron chi connectivity index (χ1n) is 12.4. The second-order valence-electron chi connectivity index (χ2n) is 9.83. The van der Waals surface area contributed by atoms with E-state index >= 15 is 0 Å². The van der Waals surface area contributed by atoms with E-state index < -0.39 is 0 Å². The molecule has 1 aromatic carbocycles. The summed E-state index contributed by atoms with van der Waals surface area (Å²) in [6.07, 6.45) is 10.4. The smallest absolute Gasteiger partial charge is 0.226 e. The number of hydrogen-bond acceptors (Lipinski definition) is 5. The molecule has 33 heavy (non-hydrogen) atoms. The number of rotatable bonds is 3. The quantitative estimate of drug-likeness (QED) is 0.511. The summed E-state index contributed by atoms with van der Waals surface area (Å²) in [7, 11) is 0. The topological polar surface area (TPSA) is 54.8 Å². The van der Waals surface area contributed by atoms with Crippen molar-refractivity contribution in [1.29, 1.82) is 0 Å². The molecule has 0 bridgehead atoms. The van der Waals surface area contributed by atoms with Crippen LogP contribution in [0.1, 0.15) is 73.9 Å². The van der Waals surface area contributed by atoms with Gasteiger partial charge in [-0.3, -0.25) is 0 Å². The van der Waals surface area contributed by atoms with Crippen LogP contribution in [0.5, 0.6) is 0 Å². The molecular formula is C28H31N5. The number of fused-ring (bicyclic) bond motifs is 2. The Bertz CT molecular complexity index is 1220. The van der Waals surface area contributed by atoms with Gasteiger partial charge in [-0.1, -0.05) is 49.1 Å². The van der Waals surface area contributed by atoms with E-state index in [-0.39, 0.29) is 6.04 Å². The summed E-state index contributed by atoms with van der Waals surface area (Å²) >= 11 is 0. The van der Waals surface area contributed by atoms with Crippen molar-refractivity contribution >= 4 is 11.5 Å². The summed E-state index contributed by atoms with van der Waals surface area (Å²) in [5, 5.41) is 9.26. The zero-order valence-electron chi connectivity index (χ0n) is 19.6. The molecule has 5 nitrogen and oxygen atoms in total. The van der Waals surface area contributed by atoms with Crippen molar-refractivity contribution in [3.63, 3.8) is 0 Å². The largest absolute Gasteiger partial charge is 0.334 e. The highest BCUT2D eigenvalue weighted by Gasteiger charge is 2.35. The van der Waals surface area contributed by atoms with Gasteiger partial charge in [0, 0.05) is 41.9 Å². The molecule has 6 rings (SSSR count). The van der Waals surface area contributed by atoms with Gasteiger partial charge in [0.05, 0.1) is 17.4 Å². The van der Waals surface area contributed by atoms with Crippen LogP contribution in [-0.4, -0.2) is 32.8 Å². The fourth-order valence-corrected chi connectivity index (χ4v) is 6.01. The summed E-state index contributed by atoms with van der Waals surface area (Å²) in [6.45, 7) is 5.39. The van der Waals surface area contributed by atoms with Crippen LogP contribution >= 0.6 is 0 Å². The van der Waals surface area contributed by atoms with Crippen molar-refractivity contribution in [3.8, 4) is 11.3 Å². The highest BCUT2D eigenvalue weighted by atomic mass is 15.3. The number of aromatic nitrogens is 4. The average molecular weight is 438 g/mol. The van der Waals surface area contributed by atoms with Gasteiger partial charge in [0.15, 0.2) is 0 Å². The second kappa shape index (κ2) is 8.36. The van der Waals surface area contributed by atoms with Crippen LogP contribution in [0.3, 0.4) is 0 Å². The zero-order valence-corrected chi connectivity index (χ0v) is 19.6. The Morgan fingerprint density at radius 3 is 2.67 bits per heavy atom. The van der Waals surface area contributed by atoms with Crippen LogP contribution < -0.4 is 4.90 Å². The molecule has 0 unspecified atom stereocenters. The summed E-state index contributed by atoms with van der Waals surface area (Å²) in [6, 6.07) is 13.0. The molecule has 0 spiro atoms. The van der Waals surface area contributed by atoms with Crippen molar-refractivity contribution in [1.82, 2.24) is 20.2 Å². The summed E-state index contributed by atoms with van der Waals surface area (Å²) in [5.74, 6) is 1.47. The summed E-state index contributed by atoms with van der Waals surface area (Å²) < 4.78 is 0. The van der Waals surface area contributed by atoms with E-state index in [0.29, 0.717) is 5.92 Å². The number of anilines is 1. The molecule has 3 aromatic rings. The van der Waals surface area contributed by atoms with Gasteiger partial charge in [-0.15, -0.1) is 0 Å². The SMILES string of the molecule is Cc1ccccc1-c1cc2c(nn1)CC1=C2[C@@H](C)N(c2nccc(C3CCCCC3)n2)CC1. The van der Waals surface area contributed by atoms with Gasteiger partial charge in [-0.2, -0.15) is 10.2 Å². The predicted molar refractivity (Wildman–Crippen MR) is 132 cm³/mol. The Morgan fingerprint density at radius 1 is 0.970 bits per heavy atom. The lowest BCUT2D eigenvalue weighted by atomic mass is 9.87. The molecule has 0 N–H and O–H groups in total. The van der Waals surface area contributed by atoms with Crippen LogP contribution in [0, 0.1) is 6.92 Å². The van der Waals surface area contributed by atoms with E-state index in [1.54, 1.807) is 0 Å². The van der Waals surface area contributed by atoms with Crippen LogP contribution in [0.15, 0.2) is 48.2 Å². The number of nitrogens with zero attached hydrogens (tertiary/aromatic N) is 5. The van der Waals surface area contributed by atoms with E-state index in [1.807, 2.05) is 6.20 Å². The van der Waals surface area contributed by atoms with Gasteiger partial charge in [-0.25, -0.2) is 9.97 Å². The first-order chi connectivity index (χ1) is 16.2. The van der Waals surface area contributed by atoms with E-state index in [1.165, 1.54) is 60.1 Å². The van der Waals surface area contributed by atoms with Gasteiger partial charge >= 0.3 is 0 Å². The molecule has 1 saturated carbocycles. The lowest BCUT2D eigenvalue weighted by Crippen LogP contribution is -2.39. The Balaban J connectivity index is 1.33. The molecule has 3 heterocycles. The maximum absolute atomic E-state index is 5.08. The van der Waals surface area contributed by atoms with Gasteiger partial charge < -0.3 is 4.90 Å². The highest BCUT2D eigenvalue weighted by molar-refractivity contribution is 5.83. The van der Waals surface area contributed by atoms with Crippen molar-refractivity contribution in [2.75, 3.05) is 11.4 Å². The van der Waals surface area contributed by atoms with Crippen LogP contribution in [-0.2, 0) is 6.42 Å². The monoisotopic (exact) mass is 437 g/mol. The van der Waals surface area contributed by atoms with Gasteiger partial charge in [0.1, 0.15) is 0 Å². The standard InChI is InChI=1S/C28H31N5/c1-18-8-6-7-11-22(18)26-17-23-25(31-32-26)16-21-13-15-33(19(2)27(21)23)28-29-14-12-24(30-28)20-9-4-3-5-10-20/h6-8,11-12,14,17,19-20H,3-5,9-10,13,15-16H2,1-2H3/t19-/m1/s1. The molecule has 2 aliphatic carbocycles. The first kappa shape index (κ1) is 20.5. The van der Waals surface area contributed by atoms with Gasteiger partial charge in [0.25, 0.3) is 0 Å². The molecule has 1 atom stereocenters. The maximum atomic E-state index is 5.08. The van der Waals surface area contributed by atoms with Gasteiger partial charge in [0.2, 0.25) is 5.95 Å². The van der Waals surface area contributed by atoms with Crippen LogP contribution in [0.4, 0.5) is 5.95 Å². The third-order valence-electron chi connectivity index (χ3n) is 7.83. The van der Waals surface area contributed by atoms with Crippen molar-refractivity contribution < 1.29 is 0 Å². The Kier molecular flexibility index (Phi) is 5.20. The van der Waals surface area contributed by atoms with Crippen LogP contribution in [0.2, 0.25) is 0 Å². The molecule has 1 fully saturated rings. The number of benzene rings is 1. The Labute approximate surface area is 196 Å². The number of aryl methyl sites for hydroxylation is 1. The third kappa shape index (κ3) is 3.64. The minimum Gasteiger partial charge on any atom is -0.334 e. The fraction of sp³-hybridized carbons (Fsp3) is 0.429. The molecule has 3 aliphatic rings. The number of hydrogen-bond donors (Lipinski definition) is 0. The molecule has 0 radical (unpaired) electrons. The zero-order chi connectivity index (χ0) is 22.4. The van der Waals surface area contributed by atoms with Crippen molar-refractivity contribution in [3.05, 3.63) is 70.7 Å². The molecule has 2 aromatic heterocycles. The maximum Gasteiger partial charge on any atom is 0.226 e. The summed E-state index contributed by atoms with van der Waals surface area (Å²) in [4.78, 5) is 12.2. The normalized spacial score (nSPS) is 20.7. The fourth-order valence-electron chi connectivity index (χ4n) is 6.01. The lowest BCUT2D eigenvalue weighted by Gasteiger charge is -2.35. The first-order valence-corrected chi connectivity index (χ1v) is 12.4. The lowest BCUT2D eigenvalue weighted by molar-refractivity contribution is 0.436. The van der Waals surface area contributed by atoms with E-state index in [2.05, 4.69) is 65.3 Å². The molecule has 1 aliphatic heterocycles. The second-order valence-corrected chi connectivity index (χ2v) is 9.83. The van der Waals surface area contributed by atoms with E-state index in [0.717, 1.165) is 42.3 Å². The van der Waals surface area contributed by atoms with Crippen molar-refractivity contribution in [2.45, 2.75) is 70.8 Å². The predicted octanol–water partition coefficient (Wildman–Crippen LogP) is 5.90. The van der Waals surface area contributed by atoms with E-state index in [9.17, 15) is 0 Å². The minimum absolute atomic E-state index is 0.227. The molecule has 0 saturated heterocycles. The molecule has 5 heteroatoms. The third-order valence-corrected chi connectivity index (χ3v) is 7.83. The molecule has 0 amide bonds. The van der Waals surface area contributed by atoms with Crippen LogP contribution in [0.25, 0.3) is 16.8 Å². The minimum atomic E-state index is 0.227. The highest BCUT2D eigenvalue weighted by Crippen LogP contribution is 2.42. The molecule has 168 valence electrons.